The number of hydrogen-bond acceptors (Lipinski definition) is 2. The summed E-state index contributed by atoms with van der Waals surface area (Å²) in [7, 11) is 2.19. The summed E-state index contributed by atoms with van der Waals surface area (Å²) >= 11 is 0. The molecule has 16 heavy (non-hydrogen) atoms. The van der Waals surface area contributed by atoms with E-state index in [0.29, 0.717) is 0 Å². The zero-order valence-corrected chi connectivity index (χ0v) is 9.97. The molecule has 0 N–H and O–H groups in total. The molecule has 1 aliphatic rings. The number of benzene rings is 1. The van der Waals surface area contributed by atoms with Crippen LogP contribution in [-0.2, 0) is 0 Å². The Bertz CT molecular complexity index is 324. The number of nitrogens with zero attached hydrogens (tertiary/aromatic N) is 2. The molecule has 1 heterocycles. The van der Waals surface area contributed by atoms with E-state index < -0.39 is 0 Å². The maximum absolute atomic E-state index is 2.50. The second-order valence-electron chi connectivity index (χ2n) is 4.42. The zero-order valence-electron chi connectivity index (χ0n) is 9.97. The molecule has 1 fully saturated rings. The second kappa shape index (κ2) is 5.83. The fraction of sp³-hybridized carbons (Fsp3) is 0.429. The van der Waals surface area contributed by atoms with Gasteiger partial charge < -0.3 is 4.90 Å². The average Bonchev–Trinajstić information content (AvgIpc) is 2.33. The summed E-state index contributed by atoms with van der Waals surface area (Å²) in [5, 5.41) is 0. The van der Waals surface area contributed by atoms with Gasteiger partial charge in [0.25, 0.3) is 0 Å². The van der Waals surface area contributed by atoms with Gasteiger partial charge in [-0.1, -0.05) is 42.5 Å². The van der Waals surface area contributed by atoms with Gasteiger partial charge in [0, 0.05) is 32.7 Å². The van der Waals surface area contributed by atoms with Crippen molar-refractivity contribution in [3.8, 4) is 0 Å². The van der Waals surface area contributed by atoms with Crippen LogP contribution in [0.1, 0.15) is 5.56 Å². The van der Waals surface area contributed by atoms with Crippen molar-refractivity contribution in [3.63, 3.8) is 0 Å². The van der Waals surface area contributed by atoms with Crippen molar-refractivity contribution < 1.29 is 0 Å². The van der Waals surface area contributed by atoms with Gasteiger partial charge in [0.1, 0.15) is 0 Å². The molecule has 1 aliphatic heterocycles. The number of piperazine rings is 1. The Balaban J connectivity index is 1.77. The Labute approximate surface area is 98.2 Å². The van der Waals surface area contributed by atoms with Crippen LogP contribution in [0.15, 0.2) is 36.4 Å². The van der Waals surface area contributed by atoms with Crippen molar-refractivity contribution in [1.29, 1.82) is 0 Å². The Morgan fingerprint density at radius 1 is 1.06 bits per heavy atom. The number of rotatable bonds is 3. The van der Waals surface area contributed by atoms with E-state index in [2.05, 4.69) is 59.3 Å². The predicted octanol–water partition coefficient (Wildman–Crippen LogP) is 1.95. The lowest BCUT2D eigenvalue weighted by Crippen LogP contribution is -2.44. The lowest BCUT2D eigenvalue weighted by atomic mass is 10.2. The van der Waals surface area contributed by atoms with Crippen molar-refractivity contribution in [2.45, 2.75) is 0 Å². The van der Waals surface area contributed by atoms with Crippen molar-refractivity contribution in [2.24, 2.45) is 0 Å². The number of likely N-dealkylation sites (N-methyl/N-ethyl adjacent to an activating group) is 1. The second-order valence-corrected chi connectivity index (χ2v) is 4.42. The topological polar surface area (TPSA) is 6.48 Å². The highest BCUT2D eigenvalue weighted by Crippen LogP contribution is 2.03. The van der Waals surface area contributed by atoms with Crippen LogP contribution in [0.2, 0.25) is 0 Å². The highest BCUT2D eigenvalue weighted by Gasteiger charge is 2.11. The summed E-state index contributed by atoms with van der Waals surface area (Å²) in [6.45, 7) is 5.84. The van der Waals surface area contributed by atoms with Crippen LogP contribution in [0.3, 0.4) is 0 Å². The monoisotopic (exact) mass is 216 g/mol. The first kappa shape index (κ1) is 11.4. The summed E-state index contributed by atoms with van der Waals surface area (Å²) in [5.41, 5.74) is 1.29. The normalized spacial score (nSPS) is 19.3. The van der Waals surface area contributed by atoms with Gasteiger partial charge in [0.15, 0.2) is 0 Å². The Morgan fingerprint density at radius 3 is 2.44 bits per heavy atom. The molecule has 0 saturated carbocycles. The molecule has 2 rings (SSSR count). The van der Waals surface area contributed by atoms with Gasteiger partial charge >= 0.3 is 0 Å². The molecule has 0 atom stereocenters. The molecular formula is C14H20N2. The standard InChI is InChI=1S/C14H20N2/c1-15-10-12-16(13-11-15)9-5-8-14-6-3-2-4-7-14/h2-8H,9-13H2,1H3. The van der Waals surface area contributed by atoms with Gasteiger partial charge in [0.2, 0.25) is 0 Å². The maximum Gasteiger partial charge on any atom is 0.0167 e. The fourth-order valence-electron chi connectivity index (χ4n) is 1.93. The molecule has 2 nitrogen and oxygen atoms in total. The Hall–Kier alpha value is -1.12. The van der Waals surface area contributed by atoms with E-state index in [1.807, 2.05) is 0 Å². The van der Waals surface area contributed by atoms with E-state index in [4.69, 9.17) is 0 Å². The van der Waals surface area contributed by atoms with Gasteiger partial charge in [-0.3, -0.25) is 4.90 Å². The highest BCUT2D eigenvalue weighted by molar-refractivity contribution is 5.48. The molecule has 0 unspecified atom stereocenters. The van der Waals surface area contributed by atoms with Gasteiger partial charge in [0.05, 0.1) is 0 Å². The highest BCUT2D eigenvalue weighted by atomic mass is 15.2. The van der Waals surface area contributed by atoms with Crippen LogP contribution in [-0.4, -0.2) is 49.6 Å². The summed E-state index contributed by atoms with van der Waals surface area (Å²) in [5.74, 6) is 0. The minimum absolute atomic E-state index is 1.07. The molecular weight excluding hydrogens is 196 g/mol. The molecule has 0 radical (unpaired) electrons. The molecule has 0 amide bonds. The Kier molecular flexibility index (Phi) is 4.14. The van der Waals surface area contributed by atoms with Crippen molar-refractivity contribution in [1.82, 2.24) is 9.80 Å². The molecule has 1 aromatic rings. The van der Waals surface area contributed by atoms with Gasteiger partial charge in [-0.2, -0.15) is 0 Å². The smallest absolute Gasteiger partial charge is 0.0167 e. The van der Waals surface area contributed by atoms with Crippen LogP contribution in [0.25, 0.3) is 6.08 Å². The van der Waals surface area contributed by atoms with Crippen LogP contribution >= 0.6 is 0 Å². The molecule has 0 aliphatic carbocycles. The van der Waals surface area contributed by atoms with Crippen LogP contribution < -0.4 is 0 Å². The molecule has 1 aromatic carbocycles. The van der Waals surface area contributed by atoms with Gasteiger partial charge in [-0.05, 0) is 12.6 Å². The maximum atomic E-state index is 2.50. The molecule has 2 heteroatoms. The quantitative estimate of drug-likeness (QED) is 0.762. The first-order chi connectivity index (χ1) is 7.84. The summed E-state index contributed by atoms with van der Waals surface area (Å²) in [6, 6.07) is 10.5. The van der Waals surface area contributed by atoms with Crippen LogP contribution in [0.5, 0.6) is 0 Å². The first-order valence-electron chi connectivity index (χ1n) is 5.97. The molecule has 0 bridgehead atoms. The predicted molar refractivity (Wildman–Crippen MR) is 69.4 cm³/mol. The largest absolute Gasteiger partial charge is 0.304 e. The first-order valence-corrected chi connectivity index (χ1v) is 5.97. The van der Waals surface area contributed by atoms with E-state index in [0.717, 1.165) is 6.54 Å². The third kappa shape index (κ3) is 3.47. The summed E-state index contributed by atoms with van der Waals surface area (Å²) in [4.78, 5) is 4.89. The third-order valence-electron chi connectivity index (χ3n) is 3.07. The van der Waals surface area contributed by atoms with Crippen molar-refractivity contribution in [3.05, 3.63) is 42.0 Å². The molecule has 1 saturated heterocycles. The summed E-state index contributed by atoms with van der Waals surface area (Å²) in [6.07, 6.45) is 4.47. The molecule has 86 valence electrons. The van der Waals surface area contributed by atoms with Gasteiger partial charge in [-0.15, -0.1) is 0 Å². The zero-order chi connectivity index (χ0) is 11.2. The van der Waals surface area contributed by atoms with Gasteiger partial charge in [-0.25, -0.2) is 0 Å². The van der Waals surface area contributed by atoms with Crippen molar-refractivity contribution in [2.75, 3.05) is 39.8 Å². The van der Waals surface area contributed by atoms with Crippen molar-refractivity contribution >= 4 is 6.08 Å². The Morgan fingerprint density at radius 2 is 1.75 bits per heavy atom. The van der Waals surface area contributed by atoms with Crippen LogP contribution in [0.4, 0.5) is 0 Å². The lowest BCUT2D eigenvalue weighted by Gasteiger charge is -2.31. The minimum Gasteiger partial charge on any atom is -0.304 e. The molecule has 0 aromatic heterocycles. The van der Waals surface area contributed by atoms with Crippen LogP contribution in [0, 0.1) is 0 Å². The fourth-order valence-corrected chi connectivity index (χ4v) is 1.93. The third-order valence-corrected chi connectivity index (χ3v) is 3.07. The van der Waals surface area contributed by atoms with E-state index in [1.165, 1.54) is 31.7 Å². The average molecular weight is 216 g/mol. The minimum atomic E-state index is 1.07. The summed E-state index contributed by atoms with van der Waals surface area (Å²) < 4.78 is 0. The van der Waals surface area contributed by atoms with E-state index in [-0.39, 0.29) is 0 Å². The SMILES string of the molecule is CN1CCN(CC=Cc2ccccc2)CC1. The lowest BCUT2D eigenvalue weighted by molar-refractivity contribution is 0.167. The van der Waals surface area contributed by atoms with E-state index >= 15 is 0 Å². The van der Waals surface area contributed by atoms with E-state index in [1.54, 1.807) is 0 Å². The molecule has 0 spiro atoms. The number of hydrogen-bond donors (Lipinski definition) is 0. The van der Waals surface area contributed by atoms with E-state index in [9.17, 15) is 0 Å².